The summed E-state index contributed by atoms with van der Waals surface area (Å²) in [4.78, 5) is 13.0. The van der Waals surface area contributed by atoms with E-state index in [2.05, 4.69) is 35.5 Å². The van der Waals surface area contributed by atoms with Crippen molar-refractivity contribution in [2.75, 3.05) is 13.2 Å². The van der Waals surface area contributed by atoms with Crippen LogP contribution < -0.4 is 5.32 Å². The van der Waals surface area contributed by atoms with E-state index in [9.17, 15) is 38.7 Å². The number of amides is 1. The molecule has 0 aliphatic carbocycles. The zero-order chi connectivity index (χ0) is 40.0. The number of nitrogens with one attached hydrogen (secondary N) is 1. The zero-order valence-corrected chi connectivity index (χ0v) is 34.2. The summed E-state index contributed by atoms with van der Waals surface area (Å²) in [6.45, 7) is 3.14. The number of rotatable bonds is 35. The Hall–Kier alpha value is -1.20. The second kappa shape index (κ2) is 31.8. The average molecular weight is 796 g/mol. The molecule has 8 unspecified atom stereocenters. The van der Waals surface area contributed by atoms with Crippen LogP contribution in [0.3, 0.4) is 0 Å². The molecule has 1 fully saturated rings. The van der Waals surface area contributed by atoms with Crippen molar-refractivity contribution >= 4 is 16.3 Å². The predicted molar refractivity (Wildman–Crippen MR) is 210 cm³/mol. The smallest absolute Gasteiger partial charge is 0.394 e. The highest BCUT2D eigenvalue weighted by molar-refractivity contribution is 7.80. The van der Waals surface area contributed by atoms with E-state index in [-0.39, 0.29) is 6.42 Å². The summed E-state index contributed by atoms with van der Waals surface area (Å²) in [5, 5.41) is 54.8. The first-order valence-electron chi connectivity index (χ1n) is 21.2. The number of hydrogen-bond donors (Lipinski definition) is 7. The van der Waals surface area contributed by atoms with E-state index in [1.165, 1.54) is 70.6 Å². The highest BCUT2D eigenvalue weighted by Crippen LogP contribution is 2.26. The molecule has 0 radical (unpaired) electrons. The van der Waals surface area contributed by atoms with E-state index in [1.54, 1.807) is 0 Å². The molecular weight excluding hydrogens is 719 g/mol. The quantitative estimate of drug-likeness (QED) is 0.0218. The van der Waals surface area contributed by atoms with Gasteiger partial charge in [0.1, 0.15) is 30.5 Å². The van der Waals surface area contributed by atoms with Gasteiger partial charge < -0.3 is 40.3 Å². The van der Waals surface area contributed by atoms with Gasteiger partial charge in [0.25, 0.3) is 0 Å². The maximum Gasteiger partial charge on any atom is 0.397 e. The third-order valence-corrected chi connectivity index (χ3v) is 10.6. The van der Waals surface area contributed by atoms with Crippen molar-refractivity contribution < 1.29 is 57.0 Å². The van der Waals surface area contributed by atoms with Gasteiger partial charge in [0.05, 0.1) is 25.4 Å². The Morgan fingerprint density at radius 2 is 1.19 bits per heavy atom. The van der Waals surface area contributed by atoms with Gasteiger partial charge >= 0.3 is 10.4 Å². The molecule has 13 nitrogen and oxygen atoms in total. The second-order valence-corrected chi connectivity index (χ2v) is 16.1. The summed E-state index contributed by atoms with van der Waals surface area (Å²) >= 11 is 0. The molecule has 54 heavy (non-hydrogen) atoms. The maximum atomic E-state index is 13.0. The van der Waals surface area contributed by atoms with E-state index in [4.69, 9.17) is 14.0 Å². The molecule has 8 atom stereocenters. The molecular formula is C40H77NO12S. The normalized spacial score (nSPS) is 22.4. The molecule has 1 aliphatic heterocycles. The first-order valence-corrected chi connectivity index (χ1v) is 22.5. The van der Waals surface area contributed by atoms with Crippen molar-refractivity contribution in [1.29, 1.82) is 0 Å². The highest BCUT2D eigenvalue weighted by Gasteiger charge is 2.48. The molecule has 0 spiro atoms. The Bertz CT molecular complexity index is 1050. The van der Waals surface area contributed by atoms with E-state index in [0.717, 1.165) is 64.2 Å². The van der Waals surface area contributed by atoms with Crippen LogP contribution in [-0.4, -0.2) is 107 Å². The third kappa shape index (κ3) is 24.4. The Kier molecular flexibility index (Phi) is 30.0. The van der Waals surface area contributed by atoms with E-state index >= 15 is 0 Å². The molecule has 0 aromatic rings. The molecule has 7 N–H and O–H groups in total. The summed E-state index contributed by atoms with van der Waals surface area (Å²) in [6.07, 6.45) is 20.5. The van der Waals surface area contributed by atoms with E-state index in [0.29, 0.717) is 19.3 Å². The zero-order valence-electron chi connectivity index (χ0n) is 33.4. The van der Waals surface area contributed by atoms with Gasteiger partial charge in [-0.2, -0.15) is 8.42 Å². The third-order valence-electron chi connectivity index (χ3n) is 10.2. The molecule has 0 saturated carbocycles. The first kappa shape index (κ1) is 50.8. The number of aliphatic hydroxyl groups is 5. The van der Waals surface area contributed by atoms with Crippen molar-refractivity contribution in [3.05, 3.63) is 12.2 Å². The summed E-state index contributed by atoms with van der Waals surface area (Å²) in [5.74, 6) is -0.681. The van der Waals surface area contributed by atoms with Crippen LogP contribution in [0.1, 0.15) is 174 Å². The lowest BCUT2D eigenvalue weighted by Crippen LogP contribution is -2.61. The van der Waals surface area contributed by atoms with E-state index in [1.807, 2.05) is 0 Å². The van der Waals surface area contributed by atoms with Gasteiger partial charge in [0.2, 0.25) is 5.91 Å². The predicted octanol–water partition coefficient (Wildman–Crippen LogP) is 6.19. The fourth-order valence-electron chi connectivity index (χ4n) is 6.75. The lowest BCUT2D eigenvalue weighted by molar-refractivity contribution is -0.298. The maximum absolute atomic E-state index is 13.0. The lowest BCUT2D eigenvalue weighted by Gasteiger charge is -2.41. The Morgan fingerprint density at radius 3 is 1.67 bits per heavy atom. The van der Waals surface area contributed by atoms with Crippen molar-refractivity contribution in [3.8, 4) is 0 Å². The summed E-state index contributed by atoms with van der Waals surface area (Å²) < 4.78 is 47.2. The molecule has 0 aromatic carbocycles. The van der Waals surface area contributed by atoms with Gasteiger partial charge in [0, 0.05) is 0 Å². The second-order valence-electron chi connectivity index (χ2n) is 15.1. The molecule has 1 heterocycles. The van der Waals surface area contributed by atoms with Crippen LogP contribution in [0.2, 0.25) is 0 Å². The van der Waals surface area contributed by atoms with Gasteiger partial charge in [-0.05, 0) is 38.5 Å². The fraction of sp³-hybridized carbons (Fsp3) is 0.925. The molecule has 1 amide bonds. The topological polar surface area (TPSA) is 212 Å². The van der Waals surface area contributed by atoms with E-state index < -0.39 is 78.5 Å². The lowest BCUT2D eigenvalue weighted by atomic mass is 9.99. The molecule has 320 valence electrons. The molecule has 1 saturated heterocycles. The minimum Gasteiger partial charge on any atom is -0.394 e. The van der Waals surface area contributed by atoms with Gasteiger partial charge in [-0.3, -0.25) is 9.35 Å². The van der Waals surface area contributed by atoms with Crippen LogP contribution in [0.25, 0.3) is 0 Å². The fourth-order valence-corrected chi connectivity index (χ4v) is 7.26. The van der Waals surface area contributed by atoms with Crippen molar-refractivity contribution in [2.45, 2.75) is 223 Å². The number of carbonyl (C=O) groups excluding carboxylic acids is 1. The van der Waals surface area contributed by atoms with Crippen LogP contribution in [0, 0.1) is 0 Å². The summed E-state index contributed by atoms with van der Waals surface area (Å²) in [5.41, 5.74) is 0. The number of ether oxygens (including phenoxy) is 2. The molecule has 0 bridgehead atoms. The van der Waals surface area contributed by atoms with Gasteiger partial charge in [-0.15, -0.1) is 0 Å². The minimum atomic E-state index is -5.10. The Labute approximate surface area is 326 Å². The van der Waals surface area contributed by atoms with Crippen molar-refractivity contribution in [3.63, 3.8) is 0 Å². The average Bonchev–Trinajstić information content (AvgIpc) is 3.14. The van der Waals surface area contributed by atoms with Crippen molar-refractivity contribution in [2.24, 2.45) is 0 Å². The number of unbranched alkanes of at least 4 members (excludes halogenated alkanes) is 20. The number of aliphatic hydroxyl groups excluding tert-OH is 5. The number of allylic oxidation sites excluding steroid dienone is 2. The van der Waals surface area contributed by atoms with Gasteiger partial charge in [0.15, 0.2) is 6.29 Å². The summed E-state index contributed by atoms with van der Waals surface area (Å²) in [7, 11) is -5.10. The molecule has 0 aromatic heterocycles. The van der Waals surface area contributed by atoms with Crippen LogP contribution in [0.5, 0.6) is 0 Å². The molecule has 14 heteroatoms. The van der Waals surface area contributed by atoms with Crippen LogP contribution in [0.4, 0.5) is 0 Å². The van der Waals surface area contributed by atoms with Crippen LogP contribution >= 0.6 is 0 Å². The van der Waals surface area contributed by atoms with Gasteiger partial charge in [-0.1, -0.05) is 148 Å². The number of hydrogen-bond acceptors (Lipinski definition) is 11. The molecule has 1 rings (SSSR count). The summed E-state index contributed by atoms with van der Waals surface area (Å²) in [6, 6.07) is -1.03. The van der Waals surface area contributed by atoms with Crippen molar-refractivity contribution in [1.82, 2.24) is 5.32 Å². The Morgan fingerprint density at radius 1 is 0.722 bits per heavy atom. The minimum absolute atomic E-state index is 0.253. The number of carbonyl (C=O) groups is 1. The SMILES string of the molecule is CCCCCCCCCCCC/C=C\CCCCCCCCC(O)C(=O)NC(COC1OC(CO)C(O)C(OS(=O)(=O)O)C1O)C(O)CCCCCCC. The van der Waals surface area contributed by atoms with Crippen LogP contribution in [-0.2, 0) is 28.9 Å². The van der Waals surface area contributed by atoms with Gasteiger partial charge in [-0.25, -0.2) is 4.18 Å². The van der Waals surface area contributed by atoms with Crippen LogP contribution in [0.15, 0.2) is 12.2 Å². The first-order chi connectivity index (χ1) is 25.9. The largest absolute Gasteiger partial charge is 0.397 e. The molecule has 1 aliphatic rings. The standard InChI is InChI=1S/C40H77NO12S/c1-3-5-7-9-10-11-12-13-14-15-16-17-18-19-20-21-22-23-25-27-29-34(44)39(47)41-32(33(43)28-26-24-8-6-4-2)31-51-40-37(46)38(53-54(48,49)50)36(45)35(30-42)52-40/h17-18,32-38,40,42-46H,3-16,19-31H2,1-2H3,(H,41,47)(H,48,49,50)/b18-17-. The highest BCUT2D eigenvalue weighted by atomic mass is 32.3. The monoisotopic (exact) mass is 796 g/mol. The Balaban J connectivity index is 2.42.